The van der Waals surface area contributed by atoms with Gasteiger partial charge in [0.15, 0.2) is 0 Å². The first-order valence-electron chi connectivity index (χ1n) is 3.91. The normalized spacial score (nSPS) is 12.2. The molecule has 0 spiro atoms. The van der Waals surface area contributed by atoms with Crippen LogP contribution in [0.5, 0.6) is 0 Å². The lowest BCUT2D eigenvalue weighted by atomic mass is 10.3. The van der Waals surface area contributed by atoms with Gasteiger partial charge in [0.05, 0.1) is 5.56 Å². The molecule has 5 heteroatoms. The molecule has 2 aromatic heterocycles. The molecule has 0 aliphatic rings. The lowest BCUT2D eigenvalue weighted by Crippen LogP contribution is -2.02. The molecule has 0 unspecified atom stereocenters. The first-order valence-corrected chi connectivity index (χ1v) is 3.91. The molecule has 0 amide bonds. The average molecular weight is 200 g/mol. The van der Waals surface area contributed by atoms with E-state index in [1.165, 1.54) is 10.6 Å². The largest absolute Gasteiger partial charge is 0.417 e. The van der Waals surface area contributed by atoms with Crippen LogP contribution < -0.4 is 5.73 Å². The highest BCUT2D eigenvalue weighted by Gasteiger charge is 2.31. The topological polar surface area (TPSA) is 30.4 Å². The second-order valence-electron chi connectivity index (χ2n) is 3.02. The van der Waals surface area contributed by atoms with Crippen LogP contribution >= 0.6 is 0 Å². The second-order valence-corrected chi connectivity index (χ2v) is 3.02. The summed E-state index contributed by atoms with van der Waals surface area (Å²) in [5, 5.41) is 0. The van der Waals surface area contributed by atoms with Crippen molar-refractivity contribution in [3.05, 3.63) is 36.2 Å². The number of alkyl halides is 3. The Hall–Kier alpha value is -1.65. The first-order chi connectivity index (χ1) is 6.47. The van der Waals surface area contributed by atoms with Gasteiger partial charge in [-0.05, 0) is 18.2 Å². The maximum Gasteiger partial charge on any atom is 0.417 e. The van der Waals surface area contributed by atoms with Gasteiger partial charge in [0.25, 0.3) is 0 Å². The standard InChI is InChI=1S/C9H7F3N2/c10-9(11,12)6-3-8-2-1-7(13)5-14(8)4-6/h1-5H,13H2. The van der Waals surface area contributed by atoms with Crippen molar-refractivity contribution >= 4 is 11.2 Å². The molecule has 0 bridgehead atoms. The summed E-state index contributed by atoms with van der Waals surface area (Å²) in [4.78, 5) is 0. The van der Waals surface area contributed by atoms with Crippen molar-refractivity contribution in [2.45, 2.75) is 6.18 Å². The third-order valence-corrected chi connectivity index (χ3v) is 1.94. The minimum Gasteiger partial charge on any atom is -0.398 e. The fraction of sp³-hybridized carbons (Fsp3) is 0.111. The van der Waals surface area contributed by atoms with Crippen LogP contribution in [-0.4, -0.2) is 4.40 Å². The molecule has 2 N–H and O–H groups in total. The maximum atomic E-state index is 12.3. The van der Waals surface area contributed by atoms with Crippen LogP contribution in [0.15, 0.2) is 30.6 Å². The molecule has 2 heterocycles. The smallest absolute Gasteiger partial charge is 0.398 e. The van der Waals surface area contributed by atoms with Gasteiger partial charge in [-0.2, -0.15) is 13.2 Å². The molecule has 2 aromatic rings. The van der Waals surface area contributed by atoms with Gasteiger partial charge in [0, 0.05) is 23.6 Å². The van der Waals surface area contributed by atoms with Gasteiger partial charge < -0.3 is 10.1 Å². The lowest BCUT2D eigenvalue weighted by Gasteiger charge is -2.00. The SMILES string of the molecule is Nc1ccc2cc(C(F)(F)F)cn2c1. The molecule has 0 aromatic carbocycles. The van der Waals surface area contributed by atoms with E-state index in [9.17, 15) is 13.2 Å². The molecule has 0 radical (unpaired) electrons. The number of anilines is 1. The second kappa shape index (κ2) is 2.67. The minimum absolute atomic E-state index is 0.432. The zero-order chi connectivity index (χ0) is 10.3. The van der Waals surface area contributed by atoms with Crippen molar-refractivity contribution in [3.8, 4) is 0 Å². The fourth-order valence-corrected chi connectivity index (χ4v) is 1.28. The van der Waals surface area contributed by atoms with E-state index >= 15 is 0 Å². The fourth-order valence-electron chi connectivity index (χ4n) is 1.28. The van der Waals surface area contributed by atoms with E-state index in [2.05, 4.69) is 0 Å². The molecule has 0 aliphatic heterocycles. The van der Waals surface area contributed by atoms with E-state index in [4.69, 9.17) is 5.73 Å². The molecule has 0 saturated carbocycles. The summed E-state index contributed by atoms with van der Waals surface area (Å²) in [6.45, 7) is 0. The van der Waals surface area contributed by atoms with Gasteiger partial charge in [-0.1, -0.05) is 0 Å². The molecule has 14 heavy (non-hydrogen) atoms. The summed E-state index contributed by atoms with van der Waals surface area (Å²) in [5.74, 6) is 0. The zero-order valence-electron chi connectivity index (χ0n) is 7.05. The summed E-state index contributed by atoms with van der Waals surface area (Å²) in [5.41, 5.74) is 5.69. The Morgan fingerprint density at radius 1 is 1.14 bits per heavy atom. The minimum atomic E-state index is -4.30. The maximum absolute atomic E-state index is 12.3. The number of rotatable bonds is 0. The third kappa shape index (κ3) is 1.41. The van der Waals surface area contributed by atoms with Crippen LogP contribution in [-0.2, 0) is 6.18 Å². The quantitative estimate of drug-likeness (QED) is 0.695. The molecule has 0 atom stereocenters. The van der Waals surface area contributed by atoms with Crippen molar-refractivity contribution < 1.29 is 13.2 Å². The van der Waals surface area contributed by atoms with Crippen molar-refractivity contribution in [2.75, 3.05) is 5.73 Å². The highest BCUT2D eigenvalue weighted by atomic mass is 19.4. The van der Waals surface area contributed by atoms with Crippen molar-refractivity contribution in [1.82, 2.24) is 4.40 Å². The van der Waals surface area contributed by atoms with Crippen molar-refractivity contribution in [1.29, 1.82) is 0 Å². The first kappa shape index (κ1) is 8.93. The number of nitrogens with two attached hydrogens (primary N) is 1. The predicted molar refractivity (Wildman–Crippen MR) is 46.8 cm³/mol. The highest BCUT2D eigenvalue weighted by Crippen LogP contribution is 2.30. The van der Waals surface area contributed by atoms with Gasteiger partial charge in [-0.25, -0.2) is 0 Å². The predicted octanol–water partition coefficient (Wildman–Crippen LogP) is 2.54. The number of nitrogen functional groups attached to an aromatic ring is 1. The Morgan fingerprint density at radius 2 is 1.86 bits per heavy atom. The van der Waals surface area contributed by atoms with E-state index in [0.717, 1.165) is 12.3 Å². The van der Waals surface area contributed by atoms with E-state index in [0.29, 0.717) is 11.2 Å². The Morgan fingerprint density at radius 3 is 2.50 bits per heavy atom. The van der Waals surface area contributed by atoms with Crippen molar-refractivity contribution in [2.24, 2.45) is 0 Å². The van der Waals surface area contributed by atoms with Gasteiger partial charge in [-0.3, -0.25) is 0 Å². The van der Waals surface area contributed by atoms with Gasteiger partial charge in [-0.15, -0.1) is 0 Å². The van der Waals surface area contributed by atoms with Crippen LogP contribution in [0.25, 0.3) is 5.52 Å². The molecular weight excluding hydrogens is 193 g/mol. The van der Waals surface area contributed by atoms with Crippen LogP contribution in [0, 0.1) is 0 Å². The lowest BCUT2D eigenvalue weighted by molar-refractivity contribution is -0.137. The Balaban J connectivity index is 2.63. The van der Waals surface area contributed by atoms with E-state index in [-0.39, 0.29) is 0 Å². The van der Waals surface area contributed by atoms with Crippen LogP contribution in [0.2, 0.25) is 0 Å². The number of pyridine rings is 1. The van der Waals surface area contributed by atoms with Crippen molar-refractivity contribution in [3.63, 3.8) is 0 Å². The number of fused-ring (bicyclic) bond motifs is 1. The number of hydrogen-bond acceptors (Lipinski definition) is 1. The monoisotopic (exact) mass is 200 g/mol. The molecule has 0 fully saturated rings. The van der Waals surface area contributed by atoms with Crippen LogP contribution in [0.1, 0.15) is 5.56 Å². The Bertz CT molecular complexity index is 470. The Labute approximate surface area is 77.8 Å². The molecule has 2 nitrogen and oxygen atoms in total. The highest BCUT2D eigenvalue weighted by molar-refractivity contribution is 5.55. The van der Waals surface area contributed by atoms with E-state index < -0.39 is 11.7 Å². The Kier molecular flexibility index (Phi) is 1.70. The summed E-state index contributed by atoms with van der Waals surface area (Å²) in [6.07, 6.45) is -1.84. The molecular formula is C9H7F3N2. The molecule has 0 aliphatic carbocycles. The van der Waals surface area contributed by atoms with Gasteiger partial charge in [0.1, 0.15) is 0 Å². The number of nitrogens with zero attached hydrogens (tertiary/aromatic N) is 1. The van der Waals surface area contributed by atoms with Crippen LogP contribution in [0.4, 0.5) is 18.9 Å². The summed E-state index contributed by atoms with van der Waals surface area (Å²) >= 11 is 0. The van der Waals surface area contributed by atoms with E-state index in [1.54, 1.807) is 12.1 Å². The zero-order valence-corrected chi connectivity index (χ0v) is 7.05. The molecule has 0 saturated heterocycles. The molecule has 2 rings (SSSR count). The number of hydrogen-bond donors (Lipinski definition) is 1. The van der Waals surface area contributed by atoms with Gasteiger partial charge >= 0.3 is 6.18 Å². The summed E-state index contributed by atoms with van der Waals surface area (Å²) in [7, 11) is 0. The molecule has 74 valence electrons. The van der Waals surface area contributed by atoms with Gasteiger partial charge in [0.2, 0.25) is 0 Å². The summed E-state index contributed by atoms with van der Waals surface area (Å²) in [6, 6.07) is 4.19. The summed E-state index contributed by atoms with van der Waals surface area (Å²) < 4.78 is 38.2. The number of halogens is 3. The third-order valence-electron chi connectivity index (χ3n) is 1.94. The van der Waals surface area contributed by atoms with Crippen LogP contribution in [0.3, 0.4) is 0 Å². The number of aromatic nitrogens is 1. The average Bonchev–Trinajstić information content (AvgIpc) is 2.45. The van der Waals surface area contributed by atoms with E-state index in [1.807, 2.05) is 0 Å².